The van der Waals surface area contributed by atoms with Crippen molar-refractivity contribution in [2.45, 2.75) is 71.1 Å². The minimum absolute atomic E-state index is 0.000925. The molecule has 0 atom stereocenters. The smallest absolute Gasteiger partial charge is 0.253 e. The van der Waals surface area contributed by atoms with Crippen molar-refractivity contribution in [3.8, 4) is 0 Å². The summed E-state index contributed by atoms with van der Waals surface area (Å²) in [6.07, 6.45) is 10.2. The summed E-state index contributed by atoms with van der Waals surface area (Å²) in [5.74, 6) is 0.0326. The molecule has 1 aromatic carbocycles. The average Bonchev–Trinajstić information content (AvgIpc) is 2.85. The predicted molar refractivity (Wildman–Crippen MR) is 137 cm³/mol. The molecule has 2 aliphatic rings. The Morgan fingerprint density at radius 1 is 1.00 bits per heavy atom. The number of carbonyl (C=O) groups is 2. The van der Waals surface area contributed by atoms with Crippen molar-refractivity contribution >= 4 is 17.5 Å². The average molecular weight is 479 g/mol. The number of aromatic nitrogens is 1. The number of aliphatic hydroxyl groups excluding tert-OH is 1. The van der Waals surface area contributed by atoms with Crippen LogP contribution in [0.4, 0.5) is 5.69 Å². The van der Waals surface area contributed by atoms with Gasteiger partial charge in [0.15, 0.2) is 0 Å². The van der Waals surface area contributed by atoms with Gasteiger partial charge in [0, 0.05) is 63.3 Å². The number of benzene rings is 1. The zero-order valence-electron chi connectivity index (χ0n) is 20.9. The quantitative estimate of drug-likeness (QED) is 0.722. The molecule has 0 aliphatic carbocycles. The third-order valence-electron chi connectivity index (χ3n) is 7.13. The predicted octanol–water partition coefficient (Wildman–Crippen LogP) is 4.00. The zero-order chi connectivity index (χ0) is 24.6. The van der Waals surface area contributed by atoms with Crippen LogP contribution in [0.3, 0.4) is 0 Å². The van der Waals surface area contributed by atoms with E-state index in [4.69, 9.17) is 0 Å². The summed E-state index contributed by atoms with van der Waals surface area (Å²) in [6.45, 7) is 5.86. The number of hydrogen-bond acceptors (Lipinski definition) is 5. The SMILES string of the molecule is CC(=O)N1CCCCCCCN(Cc2cccnc2)Cc2cc(C(=O)N3CCC(O)CC3)ccc21. The van der Waals surface area contributed by atoms with E-state index in [1.54, 1.807) is 13.1 Å². The van der Waals surface area contributed by atoms with Crippen LogP contribution in [0.2, 0.25) is 0 Å². The molecule has 4 rings (SSSR count). The summed E-state index contributed by atoms with van der Waals surface area (Å²) in [5.41, 5.74) is 3.72. The number of carbonyl (C=O) groups excluding carboxylic acids is 2. The van der Waals surface area contributed by atoms with E-state index in [-0.39, 0.29) is 17.9 Å². The van der Waals surface area contributed by atoms with Crippen LogP contribution in [0.15, 0.2) is 42.7 Å². The summed E-state index contributed by atoms with van der Waals surface area (Å²) in [5, 5.41) is 9.83. The number of pyridine rings is 1. The minimum Gasteiger partial charge on any atom is -0.393 e. The third kappa shape index (κ3) is 6.89. The van der Waals surface area contributed by atoms with E-state index in [0.717, 1.165) is 49.2 Å². The van der Waals surface area contributed by atoms with Crippen molar-refractivity contribution in [1.82, 2.24) is 14.8 Å². The molecule has 1 N–H and O–H groups in total. The molecule has 1 aromatic heterocycles. The van der Waals surface area contributed by atoms with Crippen molar-refractivity contribution in [3.63, 3.8) is 0 Å². The molecule has 2 aliphatic heterocycles. The topological polar surface area (TPSA) is 77.0 Å². The Morgan fingerprint density at radius 2 is 1.74 bits per heavy atom. The van der Waals surface area contributed by atoms with Gasteiger partial charge in [-0.05, 0) is 67.6 Å². The molecule has 35 heavy (non-hydrogen) atoms. The normalized spacial score (nSPS) is 18.9. The van der Waals surface area contributed by atoms with Crippen LogP contribution in [-0.2, 0) is 17.9 Å². The maximum absolute atomic E-state index is 13.3. The number of piperidine rings is 1. The Morgan fingerprint density at radius 3 is 2.46 bits per heavy atom. The molecule has 0 saturated carbocycles. The number of amides is 2. The van der Waals surface area contributed by atoms with Crippen molar-refractivity contribution in [2.24, 2.45) is 0 Å². The van der Waals surface area contributed by atoms with Crippen molar-refractivity contribution in [1.29, 1.82) is 0 Å². The van der Waals surface area contributed by atoms with Crippen molar-refractivity contribution in [3.05, 3.63) is 59.4 Å². The highest BCUT2D eigenvalue weighted by Crippen LogP contribution is 2.27. The van der Waals surface area contributed by atoms with Crippen LogP contribution in [0.5, 0.6) is 0 Å². The number of anilines is 1. The van der Waals surface area contributed by atoms with Crippen LogP contribution in [-0.4, -0.2) is 64.0 Å². The Hall–Kier alpha value is -2.77. The maximum atomic E-state index is 13.3. The van der Waals surface area contributed by atoms with Crippen LogP contribution < -0.4 is 4.90 Å². The fraction of sp³-hybridized carbons (Fsp3) is 0.536. The molecule has 0 spiro atoms. The number of fused-ring (bicyclic) bond motifs is 1. The standard InChI is InChI=1S/C28H38N4O3/c1-22(33)32-15-6-4-2-3-5-14-30(20-23-8-7-13-29-19-23)21-25-18-24(9-10-27(25)32)28(35)31-16-11-26(34)12-17-31/h7-10,13,18-19,26,34H,2-6,11-12,14-17,20-21H2,1H3. The van der Waals surface area contributed by atoms with E-state index in [2.05, 4.69) is 16.0 Å². The van der Waals surface area contributed by atoms with Gasteiger partial charge in [0.1, 0.15) is 0 Å². The number of rotatable bonds is 3. The first kappa shape index (κ1) is 25.3. The van der Waals surface area contributed by atoms with Gasteiger partial charge in [-0.25, -0.2) is 0 Å². The van der Waals surface area contributed by atoms with E-state index in [1.165, 1.54) is 12.8 Å². The van der Waals surface area contributed by atoms with Crippen molar-refractivity contribution in [2.75, 3.05) is 31.1 Å². The summed E-state index contributed by atoms with van der Waals surface area (Å²) < 4.78 is 0. The molecular formula is C28H38N4O3. The van der Waals surface area contributed by atoms with Crippen LogP contribution >= 0.6 is 0 Å². The van der Waals surface area contributed by atoms with Gasteiger partial charge in [-0.3, -0.25) is 19.5 Å². The van der Waals surface area contributed by atoms with Gasteiger partial charge in [-0.2, -0.15) is 0 Å². The number of likely N-dealkylation sites (tertiary alicyclic amines) is 1. The highest BCUT2D eigenvalue weighted by Gasteiger charge is 2.25. The van der Waals surface area contributed by atoms with Crippen LogP contribution in [0.25, 0.3) is 0 Å². The molecule has 1 saturated heterocycles. The van der Waals surface area contributed by atoms with E-state index >= 15 is 0 Å². The van der Waals surface area contributed by atoms with Crippen molar-refractivity contribution < 1.29 is 14.7 Å². The zero-order valence-corrected chi connectivity index (χ0v) is 20.9. The second-order valence-electron chi connectivity index (χ2n) is 9.88. The molecule has 2 amide bonds. The van der Waals surface area contributed by atoms with Crippen LogP contribution in [0, 0.1) is 0 Å². The monoisotopic (exact) mass is 478 g/mol. The van der Waals surface area contributed by atoms with E-state index in [9.17, 15) is 14.7 Å². The van der Waals surface area contributed by atoms with Gasteiger partial charge in [-0.1, -0.05) is 25.3 Å². The lowest BCUT2D eigenvalue weighted by Crippen LogP contribution is -2.40. The molecule has 1 fully saturated rings. The van der Waals surface area contributed by atoms with Crippen LogP contribution in [0.1, 0.15) is 73.4 Å². The Bertz CT molecular complexity index is 989. The van der Waals surface area contributed by atoms with Gasteiger partial charge >= 0.3 is 0 Å². The third-order valence-corrected chi connectivity index (χ3v) is 7.13. The Balaban J connectivity index is 1.66. The number of hydrogen-bond donors (Lipinski definition) is 1. The summed E-state index contributed by atoms with van der Waals surface area (Å²) >= 11 is 0. The minimum atomic E-state index is -0.319. The maximum Gasteiger partial charge on any atom is 0.253 e. The van der Waals surface area contributed by atoms with E-state index in [0.29, 0.717) is 44.6 Å². The first-order valence-electron chi connectivity index (χ1n) is 13.0. The largest absolute Gasteiger partial charge is 0.393 e. The molecule has 7 heteroatoms. The highest BCUT2D eigenvalue weighted by molar-refractivity contribution is 5.97. The lowest BCUT2D eigenvalue weighted by atomic mass is 10.0. The second kappa shape index (κ2) is 12.3. The molecule has 2 aromatic rings. The first-order valence-corrected chi connectivity index (χ1v) is 13.0. The Labute approximate surface area is 208 Å². The number of nitrogens with zero attached hydrogens (tertiary/aromatic N) is 4. The van der Waals surface area contributed by atoms with Gasteiger partial charge < -0.3 is 14.9 Å². The van der Waals surface area contributed by atoms with Gasteiger partial charge in [0.2, 0.25) is 5.91 Å². The van der Waals surface area contributed by atoms with E-state index in [1.807, 2.05) is 40.3 Å². The molecule has 188 valence electrons. The molecule has 0 bridgehead atoms. The summed E-state index contributed by atoms with van der Waals surface area (Å²) in [7, 11) is 0. The second-order valence-corrected chi connectivity index (χ2v) is 9.88. The number of aliphatic hydroxyl groups is 1. The molecule has 7 nitrogen and oxygen atoms in total. The van der Waals surface area contributed by atoms with Gasteiger partial charge in [-0.15, -0.1) is 0 Å². The fourth-order valence-electron chi connectivity index (χ4n) is 5.15. The molecule has 0 unspecified atom stereocenters. The summed E-state index contributed by atoms with van der Waals surface area (Å²) in [6, 6.07) is 9.86. The molecular weight excluding hydrogens is 440 g/mol. The lowest BCUT2D eigenvalue weighted by Gasteiger charge is -2.31. The van der Waals surface area contributed by atoms with Gasteiger partial charge in [0.25, 0.3) is 5.91 Å². The van der Waals surface area contributed by atoms with Gasteiger partial charge in [0.05, 0.1) is 6.10 Å². The highest BCUT2D eigenvalue weighted by atomic mass is 16.3. The first-order chi connectivity index (χ1) is 17.0. The lowest BCUT2D eigenvalue weighted by molar-refractivity contribution is -0.116. The fourth-order valence-corrected chi connectivity index (χ4v) is 5.15. The Kier molecular flexibility index (Phi) is 8.88. The molecule has 0 radical (unpaired) electrons. The summed E-state index contributed by atoms with van der Waals surface area (Å²) in [4.78, 5) is 36.3. The van der Waals surface area contributed by atoms with E-state index < -0.39 is 0 Å². The molecule has 3 heterocycles.